The maximum Gasteiger partial charge on any atom is 0.0795 e. The third-order valence-electron chi connectivity index (χ3n) is 3.96. The molecule has 0 bridgehead atoms. The van der Waals surface area contributed by atoms with Gasteiger partial charge in [0, 0.05) is 0 Å². The summed E-state index contributed by atoms with van der Waals surface area (Å²) >= 11 is 0. The lowest BCUT2D eigenvalue weighted by Crippen LogP contribution is -1.92. The van der Waals surface area contributed by atoms with Crippen molar-refractivity contribution >= 4 is 0 Å². The zero-order valence-corrected chi connectivity index (χ0v) is 10.9. The summed E-state index contributed by atoms with van der Waals surface area (Å²) in [6.07, 6.45) is 1.60. The van der Waals surface area contributed by atoms with E-state index in [9.17, 15) is 5.11 Å². The van der Waals surface area contributed by atoms with Crippen LogP contribution in [0.5, 0.6) is 0 Å². The molecule has 1 aliphatic carbocycles. The van der Waals surface area contributed by atoms with Crippen molar-refractivity contribution in [2.75, 3.05) is 0 Å². The highest BCUT2D eigenvalue weighted by Crippen LogP contribution is 2.35. The van der Waals surface area contributed by atoms with Crippen molar-refractivity contribution in [2.45, 2.75) is 32.8 Å². The molecule has 2 aromatic carbocycles. The Morgan fingerprint density at radius 1 is 1.06 bits per heavy atom. The number of rotatable bonds is 1. The van der Waals surface area contributed by atoms with Crippen molar-refractivity contribution < 1.29 is 5.11 Å². The lowest BCUT2D eigenvalue weighted by atomic mass is 9.93. The van der Waals surface area contributed by atoms with Gasteiger partial charge < -0.3 is 5.11 Å². The van der Waals surface area contributed by atoms with E-state index in [2.05, 4.69) is 50.2 Å². The van der Waals surface area contributed by atoms with Crippen LogP contribution in [0.15, 0.2) is 36.4 Å². The molecule has 18 heavy (non-hydrogen) atoms. The Balaban J connectivity index is 2.14. The maximum atomic E-state index is 9.85. The molecule has 3 rings (SSSR count). The van der Waals surface area contributed by atoms with Gasteiger partial charge in [0.25, 0.3) is 0 Å². The first-order chi connectivity index (χ1) is 8.66. The van der Waals surface area contributed by atoms with Gasteiger partial charge in [0.1, 0.15) is 0 Å². The van der Waals surface area contributed by atoms with E-state index in [1.807, 2.05) is 0 Å². The van der Waals surface area contributed by atoms with Crippen LogP contribution in [0.25, 0.3) is 11.1 Å². The van der Waals surface area contributed by atoms with Gasteiger partial charge in [-0.25, -0.2) is 0 Å². The van der Waals surface area contributed by atoms with E-state index in [-0.39, 0.29) is 6.10 Å². The van der Waals surface area contributed by atoms with E-state index in [1.165, 1.54) is 27.8 Å². The molecule has 0 radical (unpaired) electrons. The molecule has 0 spiro atoms. The largest absolute Gasteiger partial charge is 0.388 e. The van der Waals surface area contributed by atoms with Crippen LogP contribution < -0.4 is 0 Å². The highest BCUT2D eigenvalue weighted by atomic mass is 16.3. The second-order valence-corrected chi connectivity index (χ2v) is 5.23. The topological polar surface area (TPSA) is 20.2 Å². The van der Waals surface area contributed by atoms with Crippen molar-refractivity contribution in [3.05, 3.63) is 58.7 Å². The van der Waals surface area contributed by atoms with Crippen LogP contribution in [0.3, 0.4) is 0 Å². The van der Waals surface area contributed by atoms with Crippen LogP contribution in [0.1, 0.15) is 34.8 Å². The first-order valence-corrected chi connectivity index (χ1v) is 6.54. The number of hydrogen-bond acceptors (Lipinski definition) is 1. The van der Waals surface area contributed by atoms with Crippen LogP contribution in [-0.4, -0.2) is 5.11 Å². The zero-order chi connectivity index (χ0) is 12.7. The molecule has 0 saturated carbocycles. The van der Waals surface area contributed by atoms with Crippen LogP contribution in [0.2, 0.25) is 0 Å². The Morgan fingerprint density at radius 3 is 2.50 bits per heavy atom. The Kier molecular flexibility index (Phi) is 2.71. The van der Waals surface area contributed by atoms with E-state index in [0.29, 0.717) is 0 Å². The minimum Gasteiger partial charge on any atom is -0.388 e. The average Bonchev–Trinajstić information content (AvgIpc) is 2.71. The Hall–Kier alpha value is -1.60. The number of aryl methyl sites for hydroxylation is 3. The van der Waals surface area contributed by atoms with Crippen LogP contribution in [0, 0.1) is 13.8 Å². The highest BCUT2D eigenvalue weighted by molar-refractivity contribution is 5.72. The molecule has 0 fully saturated rings. The summed E-state index contributed by atoms with van der Waals surface area (Å²) in [5.74, 6) is 0. The van der Waals surface area contributed by atoms with Crippen molar-refractivity contribution in [2.24, 2.45) is 0 Å². The van der Waals surface area contributed by atoms with E-state index < -0.39 is 0 Å². The molecule has 0 saturated heterocycles. The van der Waals surface area contributed by atoms with Gasteiger partial charge in [0.2, 0.25) is 0 Å². The number of hydrogen-bond donors (Lipinski definition) is 1. The molecule has 2 aromatic rings. The summed E-state index contributed by atoms with van der Waals surface area (Å²) < 4.78 is 0. The molecule has 1 nitrogen and oxygen atoms in total. The fourth-order valence-electron chi connectivity index (χ4n) is 3.02. The standard InChI is InChI=1S/C17H18O/c1-11-4-3-5-12(2)17(11)14-6-8-15-13(10-14)7-9-16(15)18/h3-6,8,10,16,18H,7,9H2,1-2H3/t16-/m0/s1. The summed E-state index contributed by atoms with van der Waals surface area (Å²) in [6.45, 7) is 4.31. The fraction of sp³-hybridized carbons (Fsp3) is 0.294. The normalized spacial score (nSPS) is 17.8. The summed E-state index contributed by atoms with van der Waals surface area (Å²) in [6, 6.07) is 12.9. The molecule has 1 atom stereocenters. The smallest absolute Gasteiger partial charge is 0.0795 e. The molecule has 0 aromatic heterocycles. The lowest BCUT2D eigenvalue weighted by Gasteiger charge is -2.12. The van der Waals surface area contributed by atoms with E-state index in [1.54, 1.807) is 0 Å². The van der Waals surface area contributed by atoms with Crippen molar-refractivity contribution in [3.8, 4) is 11.1 Å². The number of fused-ring (bicyclic) bond motifs is 1. The van der Waals surface area contributed by atoms with Gasteiger partial charge >= 0.3 is 0 Å². The van der Waals surface area contributed by atoms with Gasteiger partial charge in [-0.3, -0.25) is 0 Å². The average molecular weight is 238 g/mol. The fourth-order valence-corrected chi connectivity index (χ4v) is 3.02. The van der Waals surface area contributed by atoms with Gasteiger partial charge in [-0.1, -0.05) is 36.4 Å². The van der Waals surface area contributed by atoms with E-state index in [4.69, 9.17) is 0 Å². The van der Waals surface area contributed by atoms with Gasteiger partial charge in [-0.15, -0.1) is 0 Å². The summed E-state index contributed by atoms with van der Waals surface area (Å²) in [7, 11) is 0. The summed E-state index contributed by atoms with van der Waals surface area (Å²) in [5.41, 5.74) is 7.66. The van der Waals surface area contributed by atoms with Gasteiger partial charge in [-0.2, -0.15) is 0 Å². The third kappa shape index (κ3) is 1.75. The van der Waals surface area contributed by atoms with E-state index in [0.717, 1.165) is 18.4 Å². The lowest BCUT2D eigenvalue weighted by molar-refractivity contribution is 0.180. The number of benzene rings is 2. The predicted octanol–water partition coefficient (Wildman–Crippen LogP) is 3.95. The zero-order valence-electron chi connectivity index (χ0n) is 10.9. The third-order valence-corrected chi connectivity index (χ3v) is 3.96. The number of aliphatic hydroxyl groups excluding tert-OH is 1. The number of aliphatic hydroxyl groups is 1. The minimum absolute atomic E-state index is 0.257. The monoisotopic (exact) mass is 238 g/mol. The molecule has 0 aliphatic heterocycles. The van der Waals surface area contributed by atoms with E-state index >= 15 is 0 Å². The second-order valence-electron chi connectivity index (χ2n) is 5.23. The van der Waals surface area contributed by atoms with Crippen molar-refractivity contribution in [1.82, 2.24) is 0 Å². The predicted molar refractivity (Wildman–Crippen MR) is 74.6 cm³/mol. The van der Waals surface area contributed by atoms with Gasteiger partial charge in [0.15, 0.2) is 0 Å². The van der Waals surface area contributed by atoms with Crippen molar-refractivity contribution in [3.63, 3.8) is 0 Å². The molecule has 92 valence electrons. The quantitative estimate of drug-likeness (QED) is 0.797. The second kappa shape index (κ2) is 4.25. The molecular formula is C17H18O. The SMILES string of the molecule is Cc1cccc(C)c1-c1ccc2c(c1)CC[C@@H]2O. The molecule has 1 N–H and O–H groups in total. The Labute approximate surface area is 108 Å². The molecule has 0 amide bonds. The van der Waals surface area contributed by atoms with Gasteiger partial charge in [0.05, 0.1) is 6.10 Å². The van der Waals surface area contributed by atoms with Gasteiger partial charge in [-0.05, 0) is 60.1 Å². The maximum absolute atomic E-state index is 9.85. The van der Waals surface area contributed by atoms with Crippen molar-refractivity contribution in [1.29, 1.82) is 0 Å². The molecule has 0 unspecified atom stereocenters. The minimum atomic E-state index is -0.257. The molecule has 0 heterocycles. The molecule has 1 aliphatic rings. The highest BCUT2D eigenvalue weighted by Gasteiger charge is 2.20. The first kappa shape index (κ1) is 11.5. The Bertz CT molecular complexity index is 578. The molecule has 1 heteroatoms. The molecular weight excluding hydrogens is 220 g/mol. The van der Waals surface area contributed by atoms with Crippen LogP contribution in [0.4, 0.5) is 0 Å². The first-order valence-electron chi connectivity index (χ1n) is 6.54. The summed E-state index contributed by atoms with van der Waals surface area (Å²) in [4.78, 5) is 0. The summed E-state index contributed by atoms with van der Waals surface area (Å²) in [5, 5.41) is 9.85. The Morgan fingerprint density at radius 2 is 1.78 bits per heavy atom. The van der Waals surface area contributed by atoms with Crippen LogP contribution >= 0.6 is 0 Å². The van der Waals surface area contributed by atoms with Crippen LogP contribution in [-0.2, 0) is 6.42 Å².